The van der Waals surface area contributed by atoms with Crippen LogP contribution in [0.4, 0.5) is 0 Å². The number of rotatable bonds is 7. The van der Waals surface area contributed by atoms with Gasteiger partial charge in [-0.3, -0.25) is 0 Å². The molecule has 0 spiro atoms. The summed E-state index contributed by atoms with van der Waals surface area (Å²) in [6.07, 6.45) is 4.27. The lowest BCUT2D eigenvalue weighted by atomic mass is 10.1. The van der Waals surface area contributed by atoms with Gasteiger partial charge in [0.05, 0.1) is 0 Å². The maximum absolute atomic E-state index is 10.3. The summed E-state index contributed by atoms with van der Waals surface area (Å²) < 4.78 is 2.13. The van der Waals surface area contributed by atoms with Gasteiger partial charge in [0.1, 0.15) is 17.9 Å². The molecule has 4 heteroatoms. The van der Waals surface area contributed by atoms with Gasteiger partial charge in [0.15, 0.2) is 0 Å². The quantitative estimate of drug-likeness (QED) is 0.664. The highest BCUT2D eigenvalue weighted by molar-refractivity contribution is 5.49. The molecule has 90 valence electrons. The predicted molar refractivity (Wildman–Crippen MR) is 63.2 cm³/mol. The number of aromatic nitrogens is 3. The van der Waals surface area contributed by atoms with Crippen molar-refractivity contribution in [2.75, 3.05) is 0 Å². The Kier molecular flexibility index (Phi) is 5.15. The Morgan fingerprint density at radius 2 is 1.88 bits per heavy atom. The molecule has 0 atom stereocenters. The molecule has 1 rings (SSSR count). The van der Waals surface area contributed by atoms with E-state index in [2.05, 4.69) is 35.5 Å². The molecular weight excluding hydrogens is 202 g/mol. The molecule has 0 amide bonds. The molecule has 0 saturated carbocycles. The van der Waals surface area contributed by atoms with Gasteiger partial charge in [-0.2, -0.15) is 0 Å². The molecular formula is C12H21N3O. The lowest BCUT2D eigenvalue weighted by Crippen LogP contribution is -2.07. The van der Waals surface area contributed by atoms with Crippen LogP contribution in [-0.2, 0) is 24.2 Å². The summed E-state index contributed by atoms with van der Waals surface area (Å²) in [5.41, 5.74) is 0. The van der Waals surface area contributed by atoms with Gasteiger partial charge in [-0.15, -0.1) is 10.2 Å². The van der Waals surface area contributed by atoms with Crippen LogP contribution >= 0.6 is 0 Å². The van der Waals surface area contributed by atoms with Crippen molar-refractivity contribution in [2.24, 2.45) is 5.92 Å². The first-order valence-corrected chi connectivity index (χ1v) is 6.03. The molecule has 4 nitrogen and oxygen atoms in total. The summed E-state index contributed by atoms with van der Waals surface area (Å²) in [6, 6.07) is 0. The second-order valence-corrected chi connectivity index (χ2v) is 4.41. The number of hydrogen-bond acceptors (Lipinski definition) is 3. The first-order chi connectivity index (χ1) is 7.69. The number of hydrogen-bond donors (Lipinski definition) is 0. The van der Waals surface area contributed by atoms with Crippen molar-refractivity contribution in [3.63, 3.8) is 0 Å². The normalized spacial score (nSPS) is 11.0. The third-order valence-corrected chi connectivity index (χ3v) is 2.65. The van der Waals surface area contributed by atoms with E-state index in [0.717, 1.165) is 37.3 Å². The van der Waals surface area contributed by atoms with Crippen molar-refractivity contribution in [3.05, 3.63) is 11.6 Å². The molecule has 0 unspecified atom stereocenters. The van der Waals surface area contributed by atoms with Gasteiger partial charge in [-0.05, 0) is 19.3 Å². The second-order valence-electron chi connectivity index (χ2n) is 4.41. The molecule has 0 aliphatic carbocycles. The van der Waals surface area contributed by atoms with E-state index >= 15 is 0 Å². The van der Waals surface area contributed by atoms with Gasteiger partial charge in [-0.1, -0.05) is 13.8 Å². The fourth-order valence-electron chi connectivity index (χ4n) is 1.71. The Morgan fingerprint density at radius 1 is 1.25 bits per heavy atom. The first kappa shape index (κ1) is 12.9. The van der Waals surface area contributed by atoms with Crippen molar-refractivity contribution >= 4 is 6.29 Å². The standard InChI is InChI=1S/C12H21N3O/c1-4-15-11(6-5-9-16)13-14-12(15)8-7-10(2)3/h9-10H,4-8H2,1-3H3. The van der Waals surface area contributed by atoms with E-state index in [1.165, 1.54) is 0 Å². The minimum atomic E-state index is 0.530. The SMILES string of the molecule is CCn1c(CCC=O)nnc1CCC(C)C. The van der Waals surface area contributed by atoms with Crippen molar-refractivity contribution in [2.45, 2.75) is 53.0 Å². The molecule has 0 N–H and O–H groups in total. The lowest BCUT2D eigenvalue weighted by Gasteiger charge is -2.07. The van der Waals surface area contributed by atoms with Crippen LogP contribution in [0.1, 0.15) is 45.3 Å². The van der Waals surface area contributed by atoms with E-state index in [9.17, 15) is 4.79 Å². The van der Waals surface area contributed by atoms with Crippen molar-refractivity contribution in [3.8, 4) is 0 Å². The van der Waals surface area contributed by atoms with E-state index in [4.69, 9.17) is 0 Å². The minimum absolute atomic E-state index is 0.530. The van der Waals surface area contributed by atoms with Crippen LogP contribution in [0, 0.1) is 5.92 Å². The third-order valence-electron chi connectivity index (χ3n) is 2.65. The van der Waals surface area contributed by atoms with Gasteiger partial charge in [-0.25, -0.2) is 0 Å². The molecule has 0 bridgehead atoms. The van der Waals surface area contributed by atoms with Gasteiger partial charge in [0.25, 0.3) is 0 Å². The summed E-state index contributed by atoms with van der Waals surface area (Å²) in [6.45, 7) is 7.39. The molecule has 0 saturated heterocycles. The van der Waals surface area contributed by atoms with Gasteiger partial charge < -0.3 is 9.36 Å². The Hall–Kier alpha value is -1.19. The van der Waals surface area contributed by atoms with Crippen molar-refractivity contribution in [1.82, 2.24) is 14.8 Å². The molecule has 0 fully saturated rings. The molecule has 0 radical (unpaired) electrons. The molecule has 0 aliphatic heterocycles. The van der Waals surface area contributed by atoms with E-state index in [1.807, 2.05) is 0 Å². The number of carbonyl (C=O) groups is 1. The summed E-state index contributed by atoms with van der Waals surface area (Å²) >= 11 is 0. The minimum Gasteiger partial charge on any atom is -0.315 e. The zero-order valence-corrected chi connectivity index (χ0v) is 10.4. The van der Waals surface area contributed by atoms with Crippen molar-refractivity contribution in [1.29, 1.82) is 0 Å². The maximum Gasteiger partial charge on any atom is 0.133 e. The zero-order valence-electron chi connectivity index (χ0n) is 10.4. The molecule has 1 aromatic rings. The van der Waals surface area contributed by atoms with E-state index in [-0.39, 0.29) is 0 Å². The average molecular weight is 223 g/mol. The highest BCUT2D eigenvalue weighted by atomic mass is 16.1. The van der Waals surface area contributed by atoms with Gasteiger partial charge in [0, 0.05) is 25.8 Å². The van der Waals surface area contributed by atoms with Crippen LogP contribution in [0.3, 0.4) is 0 Å². The Morgan fingerprint density at radius 3 is 2.38 bits per heavy atom. The maximum atomic E-state index is 10.3. The smallest absolute Gasteiger partial charge is 0.133 e. The fourth-order valence-corrected chi connectivity index (χ4v) is 1.71. The summed E-state index contributed by atoms with van der Waals surface area (Å²) in [7, 11) is 0. The van der Waals surface area contributed by atoms with Crippen LogP contribution in [-0.4, -0.2) is 21.1 Å². The lowest BCUT2D eigenvalue weighted by molar-refractivity contribution is -0.107. The molecule has 0 aromatic carbocycles. The van der Waals surface area contributed by atoms with E-state index in [1.54, 1.807) is 0 Å². The molecule has 16 heavy (non-hydrogen) atoms. The number of aryl methyl sites for hydroxylation is 2. The van der Waals surface area contributed by atoms with Crippen LogP contribution in [0.25, 0.3) is 0 Å². The fraction of sp³-hybridized carbons (Fsp3) is 0.750. The Balaban J connectivity index is 2.69. The second kappa shape index (κ2) is 6.40. The summed E-state index contributed by atoms with van der Waals surface area (Å²) in [5, 5.41) is 8.37. The third kappa shape index (κ3) is 3.43. The highest BCUT2D eigenvalue weighted by Gasteiger charge is 2.10. The number of carbonyl (C=O) groups excluding carboxylic acids is 1. The van der Waals surface area contributed by atoms with Crippen molar-refractivity contribution < 1.29 is 4.79 Å². The molecule has 0 aliphatic rings. The van der Waals surface area contributed by atoms with E-state index in [0.29, 0.717) is 18.8 Å². The van der Waals surface area contributed by atoms with Crippen LogP contribution in [0.2, 0.25) is 0 Å². The first-order valence-electron chi connectivity index (χ1n) is 6.03. The Bertz CT molecular complexity index is 331. The average Bonchev–Trinajstić information content (AvgIpc) is 2.65. The van der Waals surface area contributed by atoms with Gasteiger partial charge >= 0.3 is 0 Å². The monoisotopic (exact) mass is 223 g/mol. The number of nitrogens with zero attached hydrogens (tertiary/aromatic N) is 3. The summed E-state index contributed by atoms with van der Waals surface area (Å²) in [4.78, 5) is 10.3. The number of aldehydes is 1. The zero-order chi connectivity index (χ0) is 12.0. The Labute approximate surface area is 97.1 Å². The largest absolute Gasteiger partial charge is 0.315 e. The van der Waals surface area contributed by atoms with E-state index < -0.39 is 0 Å². The predicted octanol–water partition coefficient (Wildman–Crippen LogP) is 2.02. The molecule has 1 aromatic heterocycles. The van der Waals surface area contributed by atoms with Gasteiger partial charge in [0.2, 0.25) is 0 Å². The molecule has 1 heterocycles. The topological polar surface area (TPSA) is 47.8 Å². The highest BCUT2D eigenvalue weighted by Crippen LogP contribution is 2.10. The van der Waals surface area contributed by atoms with Crippen LogP contribution < -0.4 is 0 Å². The summed E-state index contributed by atoms with van der Waals surface area (Å²) in [5.74, 6) is 2.67. The van der Waals surface area contributed by atoms with Crippen LogP contribution in [0.15, 0.2) is 0 Å². The van der Waals surface area contributed by atoms with Crippen LogP contribution in [0.5, 0.6) is 0 Å².